The van der Waals surface area contributed by atoms with Crippen molar-refractivity contribution in [3.63, 3.8) is 0 Å². The fourth-order valence-electron chi connectivity index (χ4n) is 4.08. The van der Waals surface area contributed by atoms with Crippen molar-refractivity contribution in [3.8, 4) is 23.1 Å². The first-order valence-corrected chi connectivity index (χ1v) is 12.0. The SMILES string of the molecule is COc1ccc(Oc2c(CN(C(=O)c3ccccc3F)C3CC3)c(C)nn2-c2cccc(Cl)c2)cc1. The van der Waals surface area contributed by atoms with Crippen LogP contribution in [0.4, 0.5) is 4.39 Å². The summed E-state index contributed by atoms with van der Waals surface area (Å²) in [5.74, 6) is 0.873. The Kier molecular flexibility index (Phi) is 6.65. The van der Waals surface area contributed by atoms with Crippen LogP contribution in [0.5, 0.6) is 17.4 Å². The number of methoxy groups -OCH3 is 1. The Morgan fingerprint density at radius 3 is 2.47 bits per heavy atom. The summed E-state index contributed by atoms with van der Waals surface area (Å²) >= 11 is 6.26. The number of aromatic nitrogens is 2. The molecule has 0 saturated heterocycles. The first-order valence-electron chi connectivity index (χ1n) is 11.7. The molecule has 1 saturated carbocycles. The van der Waals surface area contributed by atoms with Gasteiger partial charge in [0, 0.05) is 11.1 Å². The standard InChI is InChI=1S/C28H25ClFN3O3/c1-18-25(17-32(20-10-11-20)27(34)24-8-3-4-9-26(24)30)28(36-23-14-12-22(35-2)13-15-23)33(31-18)21-7-5-6-19(29)16-21/h3-9,12-16,20H,10-11,17H2,1-2H3. The highest BCUT2D eigenvalue weighted by Gasteiger charge is 2.36. The van der Waals surface area contributed by atoms with E-state index in [2.05, 4.69) is 0 Å². The molecule has 1 heterocycles. The van der Waals surface area contributed by atoms with Crippen LogP contribution in [-0.2, 0) is 6.54 Å². The first-order chi connectivity index (χ1) is 17.4. The number of carbonyl (C=O) groups excluding carboxylic acids is 1. The molecule has 0 bridgehead atoms. The van der Waals surface area contributed by atoms with Gasteiger partial charge < -0.3 is 14.4 Å². The molecule has 184 valence electrons. The molecule has 36 heavy (non-hydrogen) atoms. The number of carbonyl (C=O) groups is 1. The zero-order valence-corrected chi connectivity index (χ0v) is 20.7. The van der Waals surface area contributed by atoms with Gasteiger partial charge >= 0.3 is 0 Å². The number of ether oxygens (including phenoxy) is 2. The molecule has 0 radical (unpaired) electrons. The molecule has 0 atom stereocenters. The zero-order chi connectivity index (χ0) is 25.2. The van der Waals surface area contributed by atoms with Gasteiger partial charge in [0.1, 0.15) is 17.3 Å². The van der Waals surface area contributed by atoms with E-state index in [1.54, 1.807) is 65.2 Å². The smallest absolute Gasteiger partial charge is 0.257 e. The summed E-state index contributed by atoms with van der Waals surface area (Å²) in [7, 11) is 1.60. The minimum absolute atomic E-state index is 0.0415. The quantitative estimate of drug-likeness (QED) is 0.271. The summed E-state index contributed by atoms with van der Waals surface area (Å²) in [6.45, 7) is 2.10. The third-order valence-electron chi connectivity index (χ3n) is 6.15. The Hall–Kier alpha value is -3.84. The minimum Gasteiger partial charge on any atom is -0.497 e. The maximum absolute atomic E-state index is 14.5. The lowest BCUT2D eigenvalue weighted by atomic mass is 10.1. The number of rotatable bonds is 8. The van der Waals surface area contributed by atoms with Gasteiger partial charge in [0.05, 0.1) is 36.2 Å². The molecule has 0 unspecified atom stereocenters. The van der Waals surface area contributed by atoms with Crippen LogP contribution in [-0.4, -0.2) is 33.7 Å². The molecule has 1 aliphatic rings. The van der Waals surface area contributed by atoms with Crippen LogP contribution in [0.1, 0.15) is 34.5 Å². The van der Waals surface area contributed by atoms with Crippen molar-refractivity contribution in [2.45, 2.75) is 32.4 Å². The van der Waals surface area contributed by atoms with Gasteiger partial charge in [0.15, 0.2) is 0 Å². The fourth-order valence-corrected chi connectivity index (χ4v) is 4.26. The lowest BCUT2D eigenvalue weighted by molar-refractivity contribution is 0.0724. The second-order valence-electron chi connectivity index (χ2n) is 8.68. The Morgan fingerprint density at radius 1 is 1.08 bits per heavy atom. The van der Waals surface area contributed by atoms with Gasteiger partial charge in [-0.05, 0) is 74.4 Å². The van der Waals surface area contributed by atoms with Crippen molar-refractivity contribution in [1.29, 1.82) is 0 Å². The third-order valence-corrected chi connectivity index (χ3v) is 6.38. The largest absolute Gasteiger partial charge is 0.497 e. The van der Waals surface area contributed by atoms with Crippen LogP contribution in [0.2, 0.25) is 5.02 Å². The average Bonchev–Trinajstić information content (AvgIpc) is 3.68. The molecule has 0 spiro atoms. The molecule has 0 N–H and O–H groups in total. The van der Waals surface area contributed by atoms with Gasteiger partial charge in [-0.1, -0.05) is 29.8 Å². The lowest BCUT2D eigenvalue weighted by Gasteiger charge is -2.23. The predicted octanol–water partition coefficient (Wildman–Crippen LogP) is 6.58. The molecule has 1 aliphatic carbocycles. The van der Waals surface area contributed by atoms with Crippen molar-refractivity contribution >= 4 is 17.5 Å². The van der Waals surface area contributed by atoms with E-state index in [1.165, 1.54) is 12.1 Å². The topological polar surface area (TPSA) is 56.6 Å². The van der Waals surface area contributed by atoms with E-state index in [0.717, 1.165) is 24.1 Å². The normalized spacial score (nSPS) is 12.9. The van der Waals surface area contributed by atoms with Crippen LogP contribution < -0.4 is 9.47 Å². The number of hydrogen-bond acceptors (Lipinski definition) is 4. The number of halogens is 2. The predicted molar refractivity (Wildman–Crippen MR) is 136 cm³/mol. The second-order valence-corrected chi connectivity index (χ2v) is 9.12. The van der Waals surface area contributed by atoms with Crippen LogP contribution in [0, 0.1) is 12.7 Å². The summed E-state index contributed by atoms with van der Waals surface area (Å²) in [6.07, 6.45) is 1.74. The van der Waals surface area contributed by atoms with Crippen molar-refractivity contribution in [3.05, 3.63) is 100 Å². The highest BCUT2D eigenvalue weighted by Crippen LogP contribution is 2.36. The summed E-state index contributed by atoms with van der Waals surface area (Å²) in [6, 6.07) is 20.6. The van der Waals surface area contributed by atoms with E-state index < -0.39 is 5.82 Å². The number of hydrogen-bond donors (Lipinski definition) is 0. The molecule has 3 aromatic carbocycles. The van der Waals surface area contributed by atoms with Crippen LogP contribution in [0.15, 0.2) is 72.8 Å². The molecular formula is C28H25ClFN3O3. The number of nitrogens with zero attached hydrogens (tertiary/aromatic N) is 3. The highest BCUT2D eigenvalue weighted by atomic mass is 35.5. The van der Waals surface area contributed by atoms with Gasteiger partial charge in [0.25, 0.3) is 5.91 Å². The number of benzene rings is 3. The van der Waals surface area contributed by atoms with Crippen molar-refractivity contribution in [2.75, 3.05) is 7.11 Å². The zero-order valence-electron chi connectivity index (χ0n) is 19.9. The lowest BCUT2D eigenvalue weighted by Crippen LogP contribution is -2.33. The summed E-state index contributed by atoms with van der Waals surface area (Å²) in [4.78, 5) is 15.1. The van der Waals surface area contributed by atoms with Crippen molar-refractivity contribution in [2.24, 2.45) is 0 Å². The average molecular weight is 506 g/mol. The van der Waals surface area contributed by atoms with E-state index >= 15 is 0 Å². The number of amides is 1. The molecule has 1 fully saturated rings. The van der Waals surface area contributed by atoms with Crippen LogP contribution >= 0.6 is 11.6 Å². The molecule has 5 rings (SSSR count). The van der Waals surface area contributed by atoms with Crippen LogP contribution in [0.3, 0.4) is 0 Å². The maximum Gasteiger partial charge on any atom is 0.257 e. The van der Waals surface area contributed by atoms with Crippen LogP contribution in [0.25, 0.3) is 5.69 Å². The second kappa shape index (κ2) is 10.0. The van der Waals surface area contributed by atoms with E-state index in [4.69, 9.17) is 26.2 Å². The molecule has 0 aliphatic heterocycles. The Morgan fingerprint density at radius 2 is 1.81 bits per heavy atom. The van der Waals surface area contributed by atoms with Crippen molar-refractivity contribution < 1.29 is 18.7 Å². The molecule has 6 nitrogen and oxygen atoms in total. The van der Waals surface area contributed by atoms with Gasteiger partial charge in [-0.15, -0.1) is 0 Å². The van der Waals surface area contributed by atoms with E-state index in [1.807, 2.05) is 19.1 Å². The minimum atomic E-state index is -0.533. The Balaban J connectivity index is 1.56. The van der Waals surface area contributed by atoms with Gasteiger partial charge in [0.2, 0.25) is 5.88 Å². The van der Waals surface area contributed by atoms with Gasteiger partial charge in [-0.25, -0.2) is 9.07 Å². The summed E-state index contributed by atoms with van der Waals surface area (Å²) in [5, 5.41) is 5.29. The first kappa shape index (κ1) is 23.9. The van der Waals surface area contributed by atoms with E-state index in [9.17, 15) is 9.18 Å². The monoisotopic (exact) mass is 505 g/mol. The van der Waals surface area contributed by atoms with Gasteiger partial charge in [-0.2, -0.15) is 5.10 Å². The van der Waals surface area contributed by atoms with Gasteiger partial charge in [-0.3, -0.25) is 4.79 Å². The van der Waals surface area contributed by atoms with E-state index in [0.29, 0.717) is 28.1 Å². The number of aryl methyl sites for hydroxylation is 1. The molecule has 8 heteroatoms. The molecular weight excluding hydrogens is 481 g/mol. The Labute approximate surface area is 213 Å². The molecule has 4 aromatic rings. The fraction of sp³-hybridized carbons (Fsp3) is 0.214. The molecule has 1 aromatic heterocycles. The maximum atomic E-state index is 14.5. The summed E-state index contributed by atoms with van der Waals surface area (Å²) in [5.41, 5.74) is 2.22. The summed E-state index contributed by atoms with van der Waals surface area (Å²) < 4.78 is 27.8. The third kappa shape index (κ3) is 4.93. The molecule has 1 amide bonds. The highest BCUT2D eigenvalue weighted by molar-refractivity contribution is 6.30. The Bertz CT molecular complexity index is 1400. The van der Waals surface area contributed by atoms with E-state index in [-0.39, 0.29) is 24.1 Å². The van der Waals surface area contributed by atoms with Crippen molar-refractivity contribution in [1.82, 2.24) is 14.7 Å².